The SMILES string of the molecule is O=C(CSc1ncccn1)N/N=C\c1ccncc1. The second-order valence-electron chi connectivity index (χ2n) is 3.39. The van der Waals surface area contributed by atoms with Crippen LogP contribution in [0.5, 0.6) is 0 Å². The molecular formula is C12H11N5OS. The molecule has 0 bridgehead atoms. The van der Waals surface area contributed by atoms with Gasteiger partial charge in [-0.3, -0.25) is 9.78 Å². The molecule has 0 aliphatic rings. The van der Waals surface area contributed by atoms with Crippen molar-refractivity contribution in [3.05, 3.63) is 48.5 Å². The Balaban J connectivity index is 1.75. The first-order valence-corrected chi connectivity index (χ1v) is 6.45. The van der Waals surface area contributed by atoms with Crippen LogP contribution in [0.1, 0.15) is 5.56 Å². The molecule has 0 saturated carbocycles. The van der Waals surface area contributed by atoms with Gasteiger partial charge >= 0.3 is 0 Å². The van der Waals surface area contributed by atoms with Crippen LogP contribution in [-0.2, 0) is 4.79 Å². The van der Waals surface area contributed by atoms with E-state index in [1.807, 2.05) is 0 Å². The highest BCUT2D eigenvalue weighted by atomic mass is 32.2. The Morgan fingerprint density at radius 2 is 2.00 bits per heavy atom. The number of thioether (sulfide) groups is 1. The Hall–Kier alpha value is -2.28. The number of amides is 1. The fourth-order valence-corrected chi connectivity index (χ4v) is 1.75. The smallest absolute Gasteiger partial charge is 0.250 e. The number of rotatable bonds is 5. The van der Waals surface area contributed by atoms with Gasteiger partial charge in [0.1, 0.15) is 0 Å². The zero-order valence-corrected chi connectivity index (χ0v) is 10.7. The molecule has 0 radical (unpaired) electrons. The predicted octanol–water partition coefficient (Wildman–Crippen LogP) is 1.11. The standard InChI is InChI=1S/C12H11N5OS/c18-11(9-19-12-14-4-1-5-15-12)17-16-8-10-2-6-13-7-3-10/h1-8H,9H2,(H,17,18)/b16-8-. The molecule has 19 heavy (non-hydrogen) atoms. The minimum Gasteiger partial charge on any atom is -0.272 e. The topological polar surface area (TPSA) is 80.1 Å². The summed E-state index contributed by atoms with van der Waals surface area (Å²) in [7, 11) is 0. The summed E-state index contributed by atoms with van der Waals surface area (Å²) in [4.78, 5) is 23.4. The zero-order valence-electron chi connectivity index (χ0n) is 9.93. The highest BCUT2D eigenvalue weighted by molar-refractivity contribution is 7.99. The van der Waals surface area contributed by atoms with Crippen molar-refractivity contribution in [2.75, 3.05) is 5.75 Å². The first-order valence-electron chi connectivity index (χ1n) is 5.46. The van der Waals surface area contributed by atoms with Crippen molar-refractivity contribution in [1.82, 2.24) is 20.4 Å². The van der Waals surface area contributed by atoms with Crippen molar-refractivity contribution in [3.8, 4) is 0 Å². The largest absolute Gasteiger partial charge is 0.272 e. The van der Waals surface area contributed by atoms with E-state index in [1.54, 1.807) is 49.2 Å². The van der Waals surface area contributed by atoms with Crippen LogP contribution in [-0.4, -0.2) is 32.8 Å². The van der Waals surface area contributed by atoms with Gasteiger partial charge in [0, 0.05) is 24.8 Å². The molecule has 7 heteroatoms. The number of hydrogen-bond acceptors (Lipinski definition) is 6. The van der Waals surface area contributed by atoms with E-state index >= 15 is 0 Å². The first kappa shape index (κ1) is 13.2. The van der Waals surface area contributed by atoms with Crippen molar-refractivity contribution in [3.63, 3.8) is 0 Å². The molecule has 96 valence electrons. The summed E-state index contributed by atoms with van der Waals surface area (Å²) in [5.74, 6) is 0.0142. The van der Waals surface area contributed by atoms with Gasteiger partial charge in [0.05, 0.1) is 12.0 Å². The van der Waals surface area contributed by atoms with E-state index < -0.39 is 0 Å². The highest BCUT2D eigenvalue weighted by Gasteiger charge is 2.02. The van der Waals surface area contributed by atoms with Gasteiger partial charge in [0.25, 0.3) is 5.91 Å². The Morgan fingerprint density at radius 1 is 1.26 bits per heavy atom. The fraction of sp³-hybridized carbons (Fsp3) is 0.0833. The molecule has 0 aliphatic heterocycles. The molecule has 1 amide bonds. The Bertz CT molecular complexity index is 547. The van der Waals surface area contributed by atoms with Gasteiger partial charge in [-0.25, -0.2) is 15.4 Å². The maximum atomic E-state index is 11.5. The number of aromatic nitrogens is 3. The normalized spacial score (nSPS) is 10.5. The molecule has 0 saturated heterocycles. The Kier molecular flexibility index (Phi) is 5.00. The van der Waals surface area contributed by atoms with Crippen LogP contribution in [0.4, 0.5) is 0 Å². The van der Waals surface area contributed by atoms with Crippen LogP contribution >= 0.6 is 11.8 Å². The number of nitrogens with one attached hydrogen (secondary N) is 1. The van der Waals surface area contributed by atoms with Crippen molar-refractivity contribution in [1.29, 1.82) is 0 Å². The number of nitrogens with zero attached hydrogens (tertiary/aromatic N) is 4. The second-order valence-corrected chi connectivity index (χ2v) is 4.34. The number of hydrogen-bond donors (Lipinski definition) is 1. The summed E-state index contributed by atoms with van der Waals surface area (Å²) in [6.45, 7) is 0. The number of hydrazone groups is 1. The number of carbonyl (C=O) groups excluding carboxylic acids is 1. The minimum absolute atomic E-state index is 0.206. The number of pyridine rings is 1. The van der Waals surface area contributed by atoms with E-state index in [0.29, 0.717) is 5.16 Å². The molecule has 2 aromatic heterocycles. The van der Waals surface area contributed by atoms with Gasteiger partial charge in [-0.2, -0.15) is 5.10 Å². The van der Waals surface area contributed by atoms with E-state index in [4.69, 9.17) is 0 Å². The van der Waals surface area contributed by atoms with E-state index in [9.17, 15) is 4.79 Å². The first-order chi connectivity index (χ1) is 9.34. The summed E-state index contributed by atoms with van der Waals surface area (Å²) in [5, 5.41) is 4.41. The van der Waals surface area contributed by atoms with Gasteiger partial charge in [-0.1, -0.05) is 11.8 Å². The molecule has 2 aromatic rings. The van der Waals surface area contributed by atoms with Crippen LogP contribution < -0.4 is 5.43 Å². The molecule has 2 rings (SSSR count). The average Bonchev–Trinajstić information content (AvgIpc) is 2.47. The molecule has 0 fully saturated rings. The molecule has 0 unspecified atom stereocenters. The summed E-state index contributed by atoms with van der Waals surface area (Å²) >= 11 is 1.26. The molecule has 0 aromatic carbocycles. The van der Waals surface area contributed by atoms with Gasteiger partial charge < -0.3 is 0 Å². The lowest BCUT2D eigenvalue weighted by Crippen LogP contribution is -2.19. The lowest BCUT2D eigenvalue weighted by Gasteiger charge is -1.98. The lowest BCUT2D eigenvalue weighted by atomic mass is 10.3. The highest BCUT2D eigenvalue weighted by Crippen LogP contribution is 2.09. The van der Waals surface area contributed by atoms with Crippen LogP contribution in [0.2, 0.25) is 0 Å². The van der Waals surface area contributed by atoms with E-state index in [2.05, 4.69) is 25.5 Å². The maximum Gasteiger partial charge on any atom is 0.250 e. The van der Waals surface area contributed by atoms with Gasteiger partial charge in [0.15, 0.2) is 5.16 Å². The van der Waals surface area contributed by atoms with Crippen LogP contribution in [0.15, 0.2) is 53.2 Å². The monoisotopic (exact) mass is 273 g/mol. The summed E-state index contributed by atoms with van der Waals surface area (Å²) in [6, 6.07) is 5.31. The summed E-state index contributed by atoms with van der Waals surface area (Å²) in [5.41, 5.74) is 3.30. The third-order valence-corrected chi connectivity index (χ3v) is 2.86. The molecule has 0 atom stereocenters. The molecule has 2 heterocycles. The van der Waals surface area contributed by atoms with Crippen molar-refractivity contribution < 1.29 is 4.79 Å². The molecule has 6 nitrogen and oxygen atoms in total. The zero-order chi connectivity index (χ0) is 13.3. The second kappa shape index (κ2) is 7.22. The maximum absolute atomic E-state index is 11.5. The molecule has 0 spiro atoms. The van der Waals surface area contributed by atoms with Crippen LogP contribution in [0.3, 0.4) is 0 Å². The molecular weight excluding hydrogens is 262 g/mol. The fourth-order valence-electron chi connectivity index (χ4n) is 1.15. The van der Waals surface area contributed by atoms with E-state index in [0.717, 1.165) is 5.56 Å². The Morgan fingerprint density at radius 3 is 2.74 bits per heavy atom. The van der Waals surface area contributed by atoms with Gasteiger partial charge in [-0.15, -0.1) is 0 Å². The van der Waals surface area contributed by atoms with Crippen LogP contribution in [0, 0.1) is 0 Å². The minimum atomic E-state index is -0.206. The summed E-state index contributed by atoms with van der Waals surface area (Å²) < 4.78 is 0. The van der Waals surface area contributed by atoms with Crippen molar-refractivity contribution in [2.24, 2.45) is 5.10 Å². The van der Waals surface area contributed by atoms with Crippen molar-refractivity contribution >= 4 is 23.9 Å². The number of carbonyl (C=O) groups is 1. The third kappa shape index (κ3) is 4.84. The quantitative estimate of drug-likeness (QED) is 0.382. The lowest BCUT2D eigenvalue weighted by molar-refractivity contribution is -0.118. The van der Waals surface area contributed by atoms with E-state index in [-0.39, 0.29) is 11.7 Å². The molecule has 0 aliphatic carbocycles. The van der Waals surface area contributed by atoms with Crippen LogP contribution in [0.25, 0.3) is 0 Å². The van der Waals surface area contributed by atoms with Crippen molar-refractivity contribution in [2.45, 2.75) is 5.16 Å². The Labute approximate surface area is 114 Å². The molecule has 1 N–H and O–H groups in total. The predicted molar refractivity (Wildman–Crippen MR) is 72.7 cm³/mol. The average molecular weight is 273 g/mol. The third-order valence-electron chi connectivity index (χ3n) is 1.98. The van der Waals surface area contributed by atoms with E-state index in [1.165, 1.54) is 11.8 Å². The van der Waals surface area contributed by atoms with Gasteiger partial charge in [-0.05, 0) is 23.8 Å². The summed E-state index contributed by atoms with van der Waals surface area (Å²) in [6.07, 6.45) is 8.14. The van der Waals surface area contributed by atoms with Gasteiger partial charge in [0.2, 0.25) is 0 Å².